The number of aryl methyl sites for hydroxylation is 1. The van der Waals surface area contributed by atoms with Crippen LogP contribution in [0.4, 0.5) is 4.39 Å². The molecule has 0 aliphatic rings. The summed E-state index contributed by atoms with van der Waals surface area (Å²) in [7, 11) is 0. The standard InChI is InChI=1S/C23H18FN7O3/c1-14-26-21(30-34-14)15-5-7-16(8-6-15)23(32)25-11-12-33-20-10-9-19-27-28-22(31(19)29-20)17-3-2-4-18(24)13-17/h2-10,13H,11-12H2,1H3,(H,25,32). The molecule has 3 aromatic heterocycles. The van der Waals surface area contributed by atoms with E-state index in [1.807, 2.05) is 0 Å². The van der Waals surface area contributed by atoms with Crippen LogP contribution >= 0.6 is 0 Å². The molecular weight excluding hydrogens is 441 g/mol. The summed E-state index contributed by atoms with van der Waals surface area (Å²) in [6, 6.07) is 16.3. The number of hydrogen-bond donors (Lipinski definition) is 1. The summed E-state index contributed by atoms with van der Waals surface area (Å²) in [6.07, 6.45) is 0. The Bertz CT molecular complexity index is 1460. The number of aromatic nitrogens is 6. The number of carbonyl (C=O) groups is 1. The third-order valence-electron chi connectivity index (χ3n) is 4.89. The molecule has 10 nitrogen and oxygen atoms in total. The largest absolute Gasteiger partial charge is 0.475 e. The van der Waals surface area contributed by atoms with E-state index in [-0.39, 0.29) is 24.9 Å². The van der Waals surface area contributed by atoms with Crippen molar-refractivity contribution in [1.82, 2.24) is 35.3 Å². The van der Waals surface area contributed by atoms with Crippen LogP contribution in [0.5, 0.6) is 5.88 Å². The zero-order valence-corrected chi connectivity index (χ0v) is 18.0. The highest BCUT2D eigenvalue weighted by Crippen LogP contribution is 2.20. The van der Waals surface area contributed by atoms with Gasteiger partial charge in [-0.1, -0.05) is 29.4 Å². The number of nitrogens with zero attached hydrogens (tertiary/aromatic N) is 6. The molecule has 0 saturated carbocycles. The Morgan fingerprint density at radius 1 is 1.09 bits per heavy atom. The topological polar surface area (TPSA) is 120 Å². The van der Waals surface area contributed by atoms with Gasteiger partial charge in [0.2, 0.25) is 17.6 Å². The predicted molar refractivity (Wildman–Crippen MR) is 118 cm³/mol. The maximum absolute atomic E-state index is 13.6. The van der Waals surface area contributed by atoms with Crippen LogP contribution in [0.1, 0.15) is 16.2 Å². The first-order valence-electron chi connectivity index (χ1n) is 10.4. The molecule has 0 unspecified atom stereocenters. The highest BCUT2D eigenvalue weighted by atomic mass is 19.1. The fourth-order valence-corrected chi connectivity index (χ4v) is 3.27. The third kappa shape index (κ3) is 4.44. The van der Waals surface area contributed by atoms with E-state index in [0.717, 1.165) is 5.56 Å². The van der Waals surface area contributed by atoms with Crippen molar-refractivity contribution in [2.75, 3.05) is 13.2 Å². The van der Waals surface area contributed by atoms with Crippen molar-refractivity contribution in [2.24, 2.45) is 0 Å². The molecule has 0 fully saturated rings. The van der Waals surface area contributed by atoms with E-state index in [2.05, 4.69) is 30.8 Å². The minimum Gasteiger partial charge on any atom is -0.475 e. The normalized spacial score (nSPS) is 11.0. The first-order chi connectivity index (χ1) is 16.6. The van der Waals surface area contributed by atoms with Crippen molar-refractivity contribution in [2.45, 2.75) is 6.92 Å². The number of carbonyl (C=O) groups excluding carboxylic acids is 1. The average Bonchev–Trinajstić information content (AvgIpc) is 3.48. The lowest BCUT2D eigenvalue weighted by atomic mass is 10.1. The number of halogens is 1. The predicted octanol–water partition coefficient (Wildman–Crippen LogP) is 3.10. The molecule has 2 aromatic carbocycles. The summed E-state index contributed by atoms with van der Waals surface area (Å²) >= 11 is 0. The second kappa shape index (κ2) is 9.06. The maximum atomic E-state index is 13.6. The van der Waals surface area contributed by atoms with Crippen LogP contribution in [-0.4, -0.2) is 49.0 Å². The molecule has 5 aromatic rings. The number of benzene rings is 2. The molecule has 11 heteroatoms. The van der Waals surface area contributed by atoms with Gasteiger partial charge in [0, 0.05) is 29.7 Å². The Kier molecular flexibility index (Phi) is 5.65. The molecule has 170 valence electrons. The number of ether oxygens (including phenoxy) is 1. The van der Waals surface area contributed by atoms with Crippen molar-refractivity contribution in [3.05, 3.63) is 77.9 Å². The van der Waals surface area contributed by atoms with Gasteiger partial charge in [-0.15, -0.1) is 15.3 Å². The van der Waals surface area contributed by atoms with Crippen molar-refractivity contribution in [3.63, 3.8) is 0 Å². The molecule has 0 radical (unpaired) electrons. The number of hydrogen-bond acceptors (Lipinski definition) is 8. The van der Waals surface area contributed by atoms with Crippen LogP contribution in [-0.2, 0) is 0 Å². The molecule has 1 amide bonds. The van der Waals surface area contributed by atoms with Gasteiger partial charge in [0.05, 0.1) is 6.54 Å². The molecular formula is C23H18FN7O3. The minimum atomic E-state index is -0.378. The second-order valence-electron chi connectivity index (χ2n) is 7.29. The molecule has 0 saturated heterocycles. The van der Waals surface area contributed by atoms with Crippen LogP contribution in [0.25, 0.3) is 28.4 Å². The minimum absolute atomic E-state index is 0.196. The van der Waals surface area contributed by atoms with Crippen molar-refractivity contribution < 1.29 is 18.4 Å². The lowest BCUT2D eigenvalue weighted by Crippen LogP contribution is -2.28. The molecule has 0 spiro atoms. The highest BCUT2D eigenvalue weighted by molar-refractivity contribution is 5.94. The Morgan fingerprint density at radius 3 is 2.71 bits per heavy atom. The van der Waals surface area contributed by atoms with Crippen molar-refractivity contribution in [3.8, 4) is 28.7 Å². The first kappa shape index (κ1) is 21.2. The highest BCUT2D eigenvalue weighted by Gasteiger charge is 2.12. The molecule has 5 rings (SSSR count). The summed E-state index contributed by atoms with van der Waals surface area (Å²) in [6.45, 7) is 2.18. The fraction of sp³-hybridized carbons (Fsp3) is 0.130. The van der Waals surface area contributed by atoms with Gasteiger partial charge in [-0.25, -0.2) is 4.39 Å². The van der Waals surface area contributed by atoms with E-state index in [9.17, 15) is 9.18 Å². The van der Waals surface area contributed by atoms with Crippen molar-refractivity contribution in [1.29, 1.82) is 0 Å². The van der Waals surface area contributed by atoms with Gasteiger partial charge in [0.1, 0.15) is 12.4 Å². The zero-order chi connectivity index (χ0) is 23.5. The molecule has 0 aliphatic heterocycles. The third-order valence-corrected chi connectivity index (χ3v) is 4.89. The second-order valence-corrected chi connectivity index (χ2v) is 7.29. The molecule has 0 aliphatic carbocycles. The maximum Gasteiger partial charge on any atom is 0.251 e. The summed E-state index contributed by atoms with van der Waals surface area (Å²) < 4.78 is 25.7. The number of nitrogens with one attached hydrogen (secondary N) is 1. The number of fused-ring (bicyclic) bond motifs is 1. The SMILES string of the molecule is Cc1nc(-c2ccc(C(=O)NCCOc3ccc4nnc(-c5cccc(F)c5)n4n3)cc2)no1. The molecule has 1 N–H and O–H groups in total. The van der Waals surface area contributed by atoms with E-state index in [1.165, 1.54) is 16.6 Å². The van der Waals surface area contributed by atoms with Crippen LogP contribution in [0.3, 0.4) is 0 Å². The van der Waals surface area contributed by atoms with Crippen LogP contribution in [0.15, 0.2) is 65.2 Å². The van der Waals surface area contributed by atoms with E-state index in [0.29, 0.717) is 40.2 Å². The Hall–Kier alpha value is -4.67. The van der Waals surface area contributed by atoms with Crippen LogP contribution in [0, 0.1) is 12.7 Å². The van der Waals surface area contributed by atoms with E-state index < -0.39 is 0 Å². The smallest absolute Gasteiger partial charge is 0.251 e. The first-order valence-corrected chi connectivity index (χ1v) is 10.4. The lowest BCUT2D eigenvalue weighted by molar-refractivity contribution is 0.0946. The van der Waals surface area contributed by atoms with Gasteiger partial charge >= 0.3 is 0 Å². The molecule has 3 heterocycles. The zero-order valence-electron chi connectivity index (χ0n) is 18.0. The van der Waals surface area contributed by atoms with Gasteiger partial charge < -0.3 is 14.6 Å². The fourth-order valence-electron chi connectivity index (χ4n) is 3.27. The Balaban J connectivity index is 1.18. The molecule has 0 bridgehead atoms. The lowest BCUT2D eigenvalue weighted by Gasteiger charge is -2.08. The number of amides is 1. The van der Waals surface area contributed by atoms with Gasteiger partial charge in [0.15, 0.2) is 11.5 Å². The summed E-state index contributed by atoms with van der Waals surface area (Å²) in [5.41, 5.74) is 2.29. The summed E-state index contributed by atoms with van der Waals surface area (Å²) in [5.74, 6) is 1.04. The average molecular weight is 459 g/mol. The van der Waals surface area contributed by atoms with E-state index >= 15 is 0 Å². The quantitative estimate of drug-likeness (QED) is 0.369. The molecule has 34 heavy (non-hydrogen) atoms. The van der Waals surface area contributed by atoms with Gasteiger partial charge in [0.25, 0.3) is 5.91 Å². The van der Waals surface area contributed by atoms with Crippen LogP contribution < -0.4 is 10.1 Å². The summed E-state index contributed by atoms with van der Waals surface area (Å²) in [5, 5.41) is 19.2. The van der Waals surface area contributed by atoms with Gasteiger partial charge in [-0.2, -0.15) is 9.50 Å². The van der Waals surface area contributed by atoms with Gasteiger partial charge in [-0.3, -0.25) is 4.79 Å². The Labute approximate surface area is 192 Å². The molecule has 0 atom stereocenters. The van der Waals surface area contributed by atoms with Gasteiger partial charge in [-0.05, 0) is 30.3 Å². The van der Waals surface area contributed by atoms with E-state index in [1.54, 1.807) is 55.5 Å². The van der Waals surface area contributed by atoms with E-state index in [4.69, 9.17) is 9.26 Å². The summed E-state index contributed by atoms with van der Waals surface area (Å²) in [4.78, 5) is 16.6. The number of rotatable bonds is 7. The van der Waals surface area contributed by atoms with Crippen LogP contribution in [0.2, 0.25) is 0 Å². The Morgan fingerprint density at radius 2 is 1.94 bits per heavy atom. The van der Waals surface area contributed by atoms with Crippen molar-refractivity contribution >= 4 is 11.6 Å². The monoisotopic (exact) mass is 459 g/mol.